The SMILES string of the molecule is C=CC[C@H](C)CS(=O)(=NC(=O)c1ccc2c(c1)N(C[C@@H]1CC[C@H]1[C@H](C)OC)C[C@@]1(CCCc3cc(Cl)ccc31)CO2)NC(=O)c1cc2n(c1)CCN(C(C)=O)C2. The van der Waals surface area contributed by atoms with Crippen molar-refractivity contribution in [3.63, 3.8) is 0 Å². The second-order valence-electron chi connectivity index (χ2n) is 16.3. The van der Waals surface area contributed by atoms with E-state index in [1.165, 1.54) is 18.1 Å². The van der Waals surface area contributed by atoms with Crippen LogP contribution in [-0.2, 0) is 44.4 Å². The lowest BCUT2D eigenvalue weighted by Crippen LogP contribution is -2.49. The Bertz CT molecular complexity index is 2140. The molecule has 0 radical (unpaired) electrons. The smallest absolute Gasteiger partial charge is 0.286 e. The number of hydrogen-bond donors (Lipinski definition) is 1. The van der Waals surface area contributed by atoms with E-state index >= 15 is 0 Å². The molecule has 1 unspecified atom stereocenters. The van der Waals surface area contributed by atoms with Crippen LogP contribution < -0.4 is 14.4 Å². The van der Waals surface area contributed by atoms with Crippen molar-refractivity contribution in [3.8, 4) is 5.75 Å². The summed E-state index contributed by atoms with van der Waals surface area (Å²) in [6.07, 6.45) is 9.22. The molecule has 1 saturated carbocycles. The summed E-state index contributed by atoms with van der Waals surface area (Å²) in [7, 11) is -1.81. The zero-order chi connectivity index (χ0) is 39.8. The molecular weight excluding hydrogens is 750 g/mol. The molecule has 1 aromatic heterocycles. The Morgan fingerprint density at radius 2 is 1.96 bits per heavy atom. The van der Waals surface area contributed by atoms with Crippen LogP contribution in [-0.4, -0.2) is 76.6 Å². The molecule has 1 N–H and O–H groups in total. The highest BCUT2D eigenvalue weighted by Gasteiger charge is 2.44. The molecule has 11 nitrogen and oxygen atoms in total. The van der Waals surface area contributed by atoms with Crippen LogP contribution >= 0.6 is 11.6 Å². The van der Waals surface area contributed by atoms with Crippen molar-refractivity contribution in [1.29, 1.82) is 0 Å². The van der Waals surface area contributed by atoms with E-state index < -0.39 is 21.7 Å². The van der Waals surface area contributed by atoms with Crippen LogP contribution in [0.25, 0.3) is 0 Å². The molecule has 1 spiro atoms. The number of rotatable bonds is 11. The largest absolute Gasteiger partial charge is 0.490 e. The van der Waals surface area contributed by atoms with Crippen LogP contribution in [0.5, 0.6) is 5.75 Å². The molecule has 2 aromatic carbocycles. The number of nitrogens with one attached hydrogen (secondary N) is 1. The van der Waals surface area contributed by atoms with Crippen LogP contribution in [0.3, 0.4) is 0 Å². The molecule has 4 aliphatic rings. The van der Waals surface area contributed by atoms with Crippen LogP contribution in [0.1, 0.15) is 90.4 Å². The number of hydrogen-bond acceptors (Lipinski definition) is 7. The van der Waals surface area contributed by atoms with E-state index in [1.54, 1.807) is 36.4 Å². The molecule has 7 rings (SSSR count). The third-order valence-corrected chi connectivity index (χ3v) is 14.6. The fourth-order valence-corrected chi connectivity index (χ4v) is 11.3. The number of amides is 3. The fraction of sp³-hybridized carbons (Fsp3) is 0.512. The second kappa shape index (κ2) is 16.4. The summed E-state index contributed by atoms with van der Waals surface area (Å²) in [4.78, 5) is 44.0. The van der Waals surface area contributed by atoms with Gasteiger partial charge in [-0.15, -0.1) is 10.9 Å². The fourth-order valence-electron chi connectivity index (χ4n) is 9.17. The Hall–Kier alpha value is -4.13. The second-order valence-corrected chi connectivity index (χ2v) is 18.8. The maximum Gasteiger partial charge on any atom is 0.286 e. The van der Waals surface area contributed by atoms with Gasteiger partial charge in [-0.05, 0) is 111 Å². The van der Waals surface area contributed by atoms with E-state index in [-0.39, 0.29) is 34.7 Å². The summed E-state index contributed by atoms with van der Waals surface area (Å²) < 4.78 is 36.0. The zero-order valence-electron chi connectivity index (χ0n) is 32.9. The van der Waals surface area contributed by atoms with Crippen molar-refractivity contribution in [2.45, 2.75) is 83.9 Å². The molecular formula is C43H54ClN5O6S. The first-order valence-electron chi connectivity index (χ1n) is 19.8. The normalized spacial score (nSPS) is 23.5. The first kappa shape index (κ1) is 40.1. The molecule has 13 heteroatoms. The number of allylic oxidation sites excluding steroid dienone is 1. The minimum Gasteiger partial charge on any atom is -0.490 e. The molecule has 3 heterocycles. The molecule has 56 heavy (non-hydrogen) atoms. The van der Waals surface area contributed by atoms with Gasteiger partial charge in [-0.25, -0.2) is 4.21 Å². The minimum absolute atomic E-state index is 0.0327. The molecule has 0 bridgehead atoms. The number of fused-ring (bicyclic) bond motifs is 4. The topological polar surface area (TPSA) is 123 Å². The molecule has 3 aromatic rings. The van der Waals surface area contributed by atoms with Crippen LogP contribution in [0.2, 0.25) is 5.02 Å². The first-order chi connectivity index (χ1) is 26.8. The van der Waals surface area contributed by atoms with Gasteiger partial charge in [0.1, 0.15) is 15.7 Å². The Balaban J connectivity index is 1.21. The highest BCUT2D eigenvalue weighted by atomic mass is 35.5. The summed E-state index contributed by atoms with van der Waals surface area (Å²) >= 11 is 6.47. The monoisotopic (exact) mass is 803 g/mol. The predicted octanol–water partition coefficient (Wildman–Crippen LogP) is 7.20. The van der Waals surface area contributed by atoms with Gasteiger partial charge in [0.05, 0.1) is 36.3 Å². The predicted molar refractivity (Wildman–Crippen MR) is 220 cm³/mol. The number of halogens is 1. The quantitative estimate of drug-likeness (QED) is 0.204. The van der Waals surface area contributed by atoms with E-state index in [0.29, 0.717) is 62.4 Å². The van der Waals surface area contributed by atoms with Crippen LogP contribution in [0, 0.1) is 17.8 Å². The van der Waals surface area contributed by atoms with Gasteiger partial charge in [0.15, 0.2) is 0 Å². The van der Waals surface area contributed by atoms with Gasteiger partial charge in [0.25, 0.3) is 11.8 Å². The Kier molecular flexibility index (Phi) is 11.7. The lowest BCUT2D eigenvalue weighted by Gasteiger charge is -2.45. The van der Waals surface area contributed by atoms with Gasteiger partial charge in [-0.2, -0.15) is 0 Å². The molecule has 2 aliphatic carbocycles. The lowest BCUT2D eigenvalue weighted by atomic mass is 9.68. The van der Waals surface area contributed by atoms with Gasteiger partial charge in [0.2, 0.25) is 5.91 Å². The van der Waals surface area contributed by atoms with Crippen molar-refractivity contribution in [2.24, 2.45) is 22.1 Å². The molecule has 3 amide bonds. The summed E-state index contributed by atoms with van der Waals surface area (Å²) in [5.41, 5.74) is 4.41. The molecule has 2 aliphatic heterocycles. The lowest BCUT2D eigenvalue weighted by molar-refractivity contribution is -0.130. The maximum atomic E-state index is 14.6. The van der Waals surface area contributed by atoms with Crippen LogP contribution in [0.15, 0.2) is 65.7 Å². The van der Waals surface area contributed by atoms with Gasteiger partial charge in [0, 0.05) is 68.1 Å². The maximum absolute atomic E-state index is 14.6. The molecule has 300 valence electrons. The summed E-state index contributed by atoms with van der Waals surface area (Å²) in [5, 5.41) is 0.730. The van der Waals surface area contributed by atoms with Gasteiger partial charge in [-0.1, -0.05) is 30.7 Å². The minimum atomic E-state index is -3.58. The average Bonchev–Trinajstić information content (AvgIpc) is 3.52. The Labute approximate surface area is 336 Å². The van der Waals surface area contributed by atoms with Crippen molar-refractivity contribution in [3.05, 3.63) is 94.3 Å². The molecule has 0 saturated heterocycles. The Morgan fingerprint density at radius 1 is 1.14 bits per heavy atom. The van der Waals surface area contributed by atoms with E-state index in [4.69, 9.17) is 21.1 Å². The third-order valence-electron chi connectivity index (χ3n) is 12.4. The number of carbonyl (C=O) groups excluding carboxylic acids is 3. The Morgan fingerprint density at radius 3 is 2.70 bits per heavy atom. The number of anilines is 1. The molecule has 1 fully saturated rings. The number of methoxy groups -OCH3 is 1. The highest BCUT2D eigenvalue weighted by molar-refractivity contribution is 7.92. The van der Waals surface area contributed by atoms with Gasteiger partial charge < -0.3 is 23.8 Å². The number of aryl methyl sites for hydroxylation is 1. The van der Waals surface area contributed by atoms with E-state index in [2.05, 4.69) is 39.6 Å². The average molecular weight is 804 g/mol. The van der Waals surface area contributed by atoms with Gasteiger partial charge >= 0.3 is 0 Å². The van der Waals surface area contributed by atoms with E-state index in [1.807, 2.05) is 29.7 Å². The number of carbonyl (C=O) groups is 3. The van der Waals surface area contributed by atoms with Crippen molar-refractivity contribution in [1.82, 2.24) is 14.2 Å². The number of benzene rings is 2. The number of aromatic nitrogens is 1. The highest BCUT2D eigenvalue weighted by Crippen LogP contribution is 2.47. The summed E-state index contributed by atoms with van der Waals surface area (Å²) in [6, 6.07) is 13.2. The van der Waals surface area contributed by atoms with Gasteiger partial charge in [-0.3, -0.25) is 19.1 Å². The number of nitrogens with zero attached hydrogens (tertiary/aromatic N) is 4. The van der Waals surface area contributed by atoms with Crippen molar-refractivity contribution in [2.75, 3.05) is 44.0 Å². The van der Waals surface area contributed by atoms with E-state index in [0.717, 1.165) is 55.1 Å². The van der Waals surface area contributed by atoms with Crippen LogP contribution in [0.4, 0.5) is 5.69 Å². The number of ether oxygens (including phenoxy) is 2. The third kappa shape index (κ3) is 8.29. The summed E-state index contributed by atoms with van der Waals surface area (Å²) in [5.74, 6) is -0.00188. The van der Waals surface area contributed by atoms with Crippen molar-refractivity contribution < 1.29 is 28.1 Å². The molecule has 6 atom stereocenters. The first-order valence-corrected chi connectivity index (χ1v) is 21.9. The van der Waals surface area contributed by atoms with E-state index in [9.17, 15) is 18.6 Å². The van der Waals surface area contributed by atoms with Crippen molar-refractivity contribution >= 4 is 44.9 Å². The summed E-state index contributed by atoms with van der Waals surface area (Å²) in [6.45, 7) is 12.8. The zero-order valence-corrected chi connectivity index (χ0v) is 34.5. The standard InChI is InChI=1S/C43H54ClN5O6S/c1-6-8-28(2)25-56(53,46-42(52)34-20-36-24-47(30(4)50)17-18-48(36)23-34)45-41(51)32-11-15-40-39(21-32)49(22-33-10-13-37(33)29(3)54-5)26-43(27-55-40)16-7-9-31-19-35(44)12-14-38(31)43/h6,11-12,14-15,19-21,23,28-29,33,37H,1,7-10,13,16-18,22,24-27H2,2-5H3,(H,45,46,51,52,53)/t28-,29-,33-,37-,43-,56?/m0/s1.